The summed E-state index contributed by atoms with van der Waals surface area (Å²) >= 11 is 3.41. The van der Waals surface area contributed by atoms with Gasteiger partial charge in [-0.25, -0.2) is 0 Å². The van der Waals surface area contributed by atoms with Crippen molar-refractivity contribution >= 4 is 27.5 Å². The van der Waals surface area contributed by atoms with E-state index in [4.69, 9.17) is 0 Å². The molecule has 0 aliphatic rings. The lowest BCUT2D eigenvalue weighted by atomic mass is 10.2. The van der Waals surface area contributed by atoms with Crippen molar-refractivity contribution in [2.45, 2.75) is 19.9 Å². The van der Waals surface area contributed by atoms with Crippen molar-refractivity contribution in [3.8, 4) is 0 Å². The Bertz CT molecular complexity index is 418. The Morgan fingerprint density at radius 3 is 2.94 bits per heavy atom. The van der Waals surface area contributed by atoms with Gasteiger partial charge >= 0.3 is 0 Å². The molecule has 0 aliphatic carbocycles. The first-order valence-electron chi connectivity index (χ1n) is 5.46. The Hall–Kier alpha value is -1.29. The number of hydrogen-bond acceptors (Lipinski definition) is 2. The van der Waals surface area contributed by atoms with Crippen molar-refractivity contribution < 1.29 is 4.79 Å². The molecule has 0 fully saturated rings. The molecule has 0 aromatic heterocycles. The zero-order chi connectivity index (χ0) is 12.8. The molecule has 3 nitrogen and oxygen atoms in total. The van der Waals surface area contributed by atoms with Crippen LogP contribution in [0.3, 0.4) is 0 Å². The molecule has 2 N–H and O–H groups in total. The molecule has 0 heterocycles. The summed E-state index contributed by atoms with van der Waals surface area (Å²) < 4.78 is 0.990. The highest BCUT2D eigenvalue weighted by Gasteiger charge is 2.12. The van der Waals surface area contributed by atoms with Gasteiger partial charge < -0.3 is 10.6 Å². The van der Waals surface area contributed by atoms with E-state index in [2.05, 4.69) is 33.1 Å². The molecule has 1 unspecified atom stereocenters. The predicted octanol–water partition coefficient (Wildman–Crippen LogP) is 2.86. The van der Waals surface area contributed by atoms with Gasteiger partial charge in [0.25, 0.3) is 0 Å². The van der Waals surface area contributed by atoms with Gasteiger partial charge in [-0.2, -0.15) is 0 Å². The SMILES string of the molecule is C=CCNC(=O)C(C)Nc1cc(Br)ccc1C. The zero-order valence-corrected chi connectivity index (χ0v) is 11.7. The third kappa shape index (κ3) is 4.23. The summed E-state index contributed by atoms with van der Waals surface area (Å²) in [6, 6.07) is 5.67. The Balaban J connectivity index is 2.66. The molecule has 1 aromatic rings. The molecule has 1 amide bonds. The van der Waals surface area contributed by atoms with Crippen molar-refractivity contribution in [3.63, 3.8) is 0 Å². The minimum absolute atomic E-state index is 0.0377. The van der Waals surface area contributed by atoms with Gasteiger partial charge in [0, 0.05) is 16.7 Å². The minimum Gasteiger partial charge on any atom is -0.374 e. The minimum atomic E-state index is -0.275. The van der Waals surface area contributed by atoms with Crippen LogP contribution >= 0.6 is 15.9 Å². The third-order valence-electron chi connectivity index (χ3n) is 2.39. The maximum Gasteiger partial charge on any atom is 0.242 e. The topological polar surface area (TPSA) is 41.1 Å². The fourth-order valence-corrected chi connectivity index (χ4v) is 1.74. The molecule has 17 heavy (non-hydrogen) atoms. The number of benzene rings is 1. The van der Waals surface area contributed by atoms with E-state index < -0.39 is 0 Å². The van der Waals surface area contributed by atoms with Crippen molar-refractivity contribution in [1.82, 2.24) is 5.32 Å². The van der Waals surface area contributed by atoms with E-state index >= 15 is 0 Å². The molecule has 1 atom stereocenters. The number of rotatable bonds is 5. The van der Waals surface area contributed by atoms with Crippen molar-refractivity contribution in [3.05, 3.63) is 40.9 Å². The molecule has 0 saturated carbocycles. The van der Waals surface area contributed by atoms with Crippen LogP contribution in [0.4, 0.5) is 5.69 Å². The van der Waals surface area contributed by atoms with Crippen LogP contribution in [-0.2, 0) is 4.79 Å². The Morgan fingerprint density at radius 2 is 2.29 bits per heavy atom. The molecule has 1 aromatic carbocycles. The van der Waals surface area contributed by atoms with Gasteiger partial charge in [-0.05, 0) is 31.5 Å². The second-order valence-corrected chi connectivity index (χ2v) is 4.77. The highest BCUT2D eigenvalue weighted by molar-refractivity contribution is 9.10. The average Bonchev–Trinajstić information content (AvgIpc) is 2.30. The normalized spacial score (nSPS) is 11.7. The van der Waals surface area contributed by atoms with Gasteiger partial charge in [0.2, 0.25) is 5.91 Å². The summed E-state index contributed by atoms with van der Waals surface area (Å²) in [6.45, 7) is 7.88. The van der Waals surface area contributed by atoms with Crippen molar-refractivity contribution in [1.29, 1.82) is 0 Å². The number of hydrogen-bond donors (Lipinski definition) is 2. The van der Waals surface area contributed by atoms with Crippen LogP contribution < -0.4 is 10.6 Å². The van der Waals surface area contributed by atoms with E-state index in [0.29, 0.717) is 6.54 Å². The van der Waals surface area contributed by atoms with Crippen molar-refractivity contribution in [2.75, 3.05) is 11.9 Å². The number of carbonyl (C=O) groups excluding carboxylic acids is 1. The highest BCUT2D eigenvalue weighted by Crippen LogP contribution is 2.21. The van der Waals surface area contributed by atoms with E-state index in [1.54, 1.807) is 6.08 Å². The fourth-order valence-electron chi connectivity index (χ4n) is 1.37. The van der Waals surface area contributed by atoms with E-state index in [0.717, 1.165) is 15.7 Å². The molecule has 92 valence electrons. The monoisotopic (exact) mass is 296 g/mol. The molecule has 0 aliphatic heterocycles. The van der Waals surface area contributed by atoms with Gasteiger partial charge in [0.1, 0.15) is 6.04 Å². The molecule has 4 heteroatoms. The number of carbonyl (C=O) groups is 1. The average molecular weight is 297 g/mol. The summed E-state index contributed by atoms with van der Waals surface area (Å²) in [6.07, 6.45) is 1.66. The molecular formula is C13H17BrN2O. The summed E-state index contributed by atoms with van der Waals surface area (Å²) in [4.78, 5) is 11.7. The van der Waals surface area contributed by atoms with Crippen LogP contribution in [0.25, 0.3) is 0 Å². The quantitative estimate of drug-likeness (QED) is 0.821. The Labute approximate surface area is 110 Å². The van der Waals surface area contributed by atoms with Gasteiger partial charge in [-0.15, -0.1) is 6.58 Å². The predicted molar refractivity (Wildman–Crippen MR) is 75.2 cm³/mol. The molecule has 0 bridgehead atoms. The van der Waals surface area contributed by atoms with Crippen LogP contribution in [0.5, 0.6) is 0 Å². The molecule has 0 radical (unpaired) electrons. The highest BCUT2D eigenvalue weighted by atomic mass is 79.9. The summed E-state index contributed by atoms with van der Waals surface area (Å²) in [5.41, 5.74) is 2.07. The van der Waals surface area contributed by atoms with E-state index in [1.165, 1.54) is 0 Å². The maximum atomic E-state index is 11.7. The number of nitrogens with one attached hydrogen (secondary N) is 2. The molecular weight excluding hydrogens is 280 g/mol. The van der Waals surface area contributed by atoms with Gasteiger partial charge in [0.05, 0.1) is 0 Å². The summed E-state index contributed by atoms with van der Waals surface area (Å²) in [5, 5.41) is 5.94. The smallest absolute Gasteiger partial charge is 0.242 e. The fraction of sp³-hybridized carbons (Fsp3) is 0.308. The standard InChI is InChI=1S/C13H17BrN2O/c1-4-7-15-13(17)10(3)16-12-8-11(14)6-5-9(12)2/h4-6,8,10,16H,1,7H2,2-3H3,(H,15,17). The number of anilines is 1. The first-order chi connectivity index (χ1) is 8.04. The lowest BCUT2D eigenvalue weighted by Crippen LogP contribution is -2.37. The Kier molecular flexibility index (Phi) is 5.22. The number of amides is 1. The van der Waals surface area contributed by atoms with E-state index in [-0.39, 0.29) is 11.9 Å². The zero-order valence-electron chi connectivity index (χ0n) is 10.1. The van der Waals surface area contributed by atoms with Crippen LogP contribution in [-0.4, -0.2) is 18.5 Å². The lowest BCUT2D eigenvalue weighted by Gasteiger charge is -2.16. The molecule has 0 spiro atoms. The molecule has 0 saturated heterocycles. The second-order valence-electron chi connectivity index (χ2n) is 3.86. The van der Waals surface area contributed by atoms with E-state index in [9.17, 15) is 4.79 Å². The van der Waals surface area contributed by atoms with Crippen LogP contribution in [0.1, 0.15) is 12.5 Å². The van der Waals surface area contributed by atoms with Crippen LogP contribution in [0, 0.1) is 6.92 Å². The third-order valence-corrected chi connectivity index (χ3v) is 2.88. The lowest BCUT2D eigenvalue weighted by molar-refractivity contribution is -0.121. The van der Waals surface area contributed by atoms with Crippen molar-refractivity contribution in [2.24, 2.45) is 0 Å². The van der Waals surface area contributed by atoms with Gasteiger partial charge in [0.15, 0.2) is 0 Å². The van der Waals surface area contributed by atoms with E-state index in [1.807, 2.05) is 32.0 Å². The summed E-state index contributed by atoms with van der Waals surface area (Å²) in [5.74, 6) is -0.0377. The largest absolute Gasteiger partial charge is 0.374 e. The second kappa shape index (κ2) is 6.45. The number of aryl methyl sites for hydroxylation is 1. The van der Waals surface area contributed by atoms with Gasteiger partial charge in [-0.1, -0.05) is 28.1 Å². The van der Waals surface area contributed by atoms with Crippen LogP contribution in [0.15, 0.2) is 35.3 Å². The van der Waals surface area contributed by atoms with Gasteiger partial charge in [-0.3, -0.25) is 4.79 Å². The summed E-state index contributed by atoms with van der Waals surface area (Å²) in [7, 11) is 0. The number of halogens is 1. The first-order valence-corrected chi connectivity index (χ1v) is 6.25. The molecule has 1 rings (SSSR count). The maximum absolute atomic E-state index is 11.7. The Morgan fingerprint density at radius 1 is 1.59 bits per heavy atom. The first kappa shape index (κ1) is 13.8. The van der Waals surface area contributed by atoms with Crippen LogP contribution in [0.2, 0.25) is 0 Å².